The van der Waals surface area contributed by atoms with E-state index in [2.05, 4.69) is 4.98 Å². The van der Waals surface area contributed by atoms with Crippen molar-refractivity contribution in [2.45, 2.75) is 6.18 Å². The van der Waals surface area contributed by atoms with Crippen LogP contribution in [0, 0.1) is 11.9 Å². The Bertz CT molecular complexity index is 255. The monoisotopic (exact) mass is 164 g/mol. The van der Waals surface area contributed by atoms with E-state index in [9.17, 15) is 17.6 Å². The first-order valence-electron chi connectivity index (χ1n) is 2.61. The highest BCUT2D eigenvalue weighted by molar-refractivity contribution is 5.08. The van der Waals surface area contributed by atoms with Crippen LogP contribution in [0.3, 0.4) is 0 Å². The van der Waals surface area contributed by atoms with E-state index in [1.807, 2.05) is 0 Å². The van der Waals surface area contributed by atoms with Crippen LogP contribution in [0.25, 0.3) is 0 Å². The second-order valence-corrected chi connectivity index (χ2v) is 1.75. The molecule has 1 heterocycles. The fraction of sp³-hybridized carbons (Fsp3) is 0.167. The van der Waals surface area contributed by atoms with Gasteiger partial charge in [-0.1, -0.05) is 0 Å². The number of hydrogen-bond acceptors (Lipinski definition) is 1. The minimum atomic E-state index is -4.73. The molecule has 1 nitrogen and oxygen atoms in total. The molecule has 0 fully saturated rings. The predicted octanol–water partition coefficient (Wildman–Crippen LogP) is 2.04. The van der Waals surface area contributed by atoms with Gasteiger partial charge in [-0.3, -0.25) is 0 Å². The minimum absolute atomic E-state index is 0.839. The van der Waals surface area contributed by atoms with E-state index in [0.717, 1.165) is 12.3 Å². The zero-order valence-corrected chi connectivity index (χ0v) is 5.11. The summed E-state index contributed by atoms with van der Waals surface area (Å²) < 4.78 is 47.4. The first-order valence-corrected chi connectivity index (χ1v) is 2.61. The van der Waals surface area contributed by atoms with E-state index in [4.69, 9.17) is 0 Å². The Morgan fingerprint density at radius 2 is 2.00 bits per heavy atom. The van der Waals surface area contributed by atoms with Gasteiger partial charge in [0.1, 0.15) is 0 Å². The Balaban J connectivity index is 3.14. The maximum Gasteiger partial charge on any atom is 0.436 e. The molecule has 1 rings (SSSR count). The Morgan fingerprint density at radius 1 is 1.36 bits per heavy atom. The molecule has 0 amide bonds. The fourth-order valence-electron chi connectivity index (χ4n) is 0.545. The van der Waals surface area contributed by atoms with Gasteiger partial charge in [-0.05, 0) is 6.07 Å². The molecule has 0 aromatic carbocycles. The summed E-state index contributed by atoms with van der Waals surface area (Å²) in [5.74, 6) is -1.47. The van der Waals surface area contributed by atoms with Crippen LogP contribution >= 0.6 is 0 Å². The Labute approximate surface area is 59.7 Å². The molecule has 11 heavy (non-hydrogen) atoms. The van der Waals surface area contributed by atoms with E-state index in [-0.39, 0.29) is 0 Å². The van der Waals surface area contributed by atoms with Crippen molar-refractivity contribution in [3.63, 3.8) is 0 Å². The van der Waals surface area contributed by atoms with Crippen LogP contribution in [-0.2, 0) is 6.18 Å². The number of halogens is 4. The maximum absolute atomic E-state index is 12.2. The van der Waals surface area contributed by atoms with Gasteiger partial charge in [0.25, 0.3) is 0 Å². The summed E-state index contributed by atoms with van der Waals surface area (Å²) in [6, 6.07) is 2.73. The third-order valence-corrected chi connectivity index (χ3v) is 0.965. The molecule has 0 unspecified atom stereocenters. The molecule has 0 aliphatic heterocycles. The average Bonchev–Trinajstić information content (AvgIpc) is 1.86. The lowest BCUT2D eigenvalue weighted by Gasteiger charge is -2.04. The SMILES string of the molecule is Fc1[c]ccnc1C(F)(F)F. The second-order valence-electron chi connectivity index (χ2n) is 1.75. The van der Waals surface area contributed by atoms with Crippen molar-refractivity contribution in [1.82, 2.24) is 4.98 Å². The Hall–Kier alpha value is -1.13. The molecule has 5 heteroatoms. The van der Waals surface area contributed by atoms with Crippen LogP contribution in [-0.4, -0.2) is 4.98 Å². The molecule has 1 radical (unpaired) electrons. The first kappa shape index (κ1) is 7.97. The van der Waals surface area contributed by atoms with Gasteiger partial charge in [-0.2, -0.15) is 13.2 Å². The highest BCUT2D eigenvalue weighted by Crippen LogP contribution is 2.28. The van der Waals surface area contributed by atoms with Crippen LogP contribution in [0.2, 0.25) is 0 Å². The van der Waals surface area contributed by atoms with Crippen molar-refractivity contribution in [3.05, 3.63) is 29.8 Å². The van der Waals surface area contributed by atoms with Crippen molar-refractivity contribution >= 4 is 0 Å². The van der Waals surface area contributed by atoms with Gasteiger partial charge in [-0.15, -0.1) is 0 Å². The lowest BCUT2D eigenvalue weighted by atomic mass is 10.3. The molecule has 0 saturated heterocycles. The molecular weight excluding hydrogens is 162 g/mol. The zero-order chi connectivity index (χ0) is 8.48. The quantitative estimate of drug-likeness (QED) is 0.534. The molecule has 0 aliphatic rings. The predicted molar refractivity (Wildman–Crippen MR) is 28.0 cm³/mol. The van der Waals surface area contributed by atoms with Crippen molar-refractivity contribution in [2.24, 2.45) is 0 Å². The third kappa shape index (κ3) is 1.66. The third-order valence-electron chi connectivity index (χ3n) is 0.965. The number of hydrogen-bond donors (Lipinski definition) is 0. The molecular formula is C6H2F4N. The van der Waals surface area contributed by atoms with Crippen molar-refractivity contribution in [2.75, 3.05) is 0 Å². The molecule has 59 valence electrons. The number of nitrogens with zero attached hydrogens (tertiary/aromatic N) is 1. The van der Waals surface area contributed by atoms with E-state index in [1.54, 1.807) is 6.07 Å². The smallest absolute Gasteiger partial charge is 0.249 e. The van der Waals surface area contributed by atoms with E-state index in [0.29, 0.717) is 0 Å². The van der Waals surface area contributed by atoms with Gasteiger partial charge in [0.05, 0.1) is 0 Å². The van der Waals surface area contributed by atoms with Gasteiger partial charge < -0.3 is 0 Å². The maximum atomic E-state index is 12.2. The summed E-state index contributed by atoms with van der Waals surface area (Å²) in [7, 11) is 0. The molecule has 0 saturated carbocycles. The van der Waals surface area contributed by atoms with Crippen LogP contribution in [0.1, 0.15) is 5.69 Å². The molecule has 0 bridgehead atoms. The van der Waals surface area contributed by atoms with Gasteiger partial charge >= 0.3 is 6.18 Å². The summed E-state index contributed by atoms with van der Waals surface area (Å²) in [6.07, 6.45) is -3.90. The Kier molecular flexibility index (Phi) is 1.80. The lowest BCUT2D eigenvalue weighted by Crippen LogP contribution is -2.10. The van der Waals surface area contributed by atoms with E-state index < -0.39 is 17.7 Å². The summed E-state index contributed by atoms with van der Waals surface area (Å²) in [4.78, 5) is 2.82. The second kappa shape index (κ2) is 2.48. The van der Waals surface area contributed by atoms with Crippen LogP contribution < -0.4 is 0 Å². The number of rotatable bonds is 0. The molecule has 0 spiro atoms. The van der Waals surface area contributed by atoms with Gasteiger partial charge in [0.2, 0.25) is 0 Å². The normalized spacial score (nSPS) is 11.6. The zero-order valence-electron chi connectivity index (χ0n) is 5.11. The van der Waals surface area contributed by atoms with Crippen LogP contribution in [0.15, 0.2) is 12.3 Å². The van der Waals surface area contributed by atoms with Crippen LogP contribution in [0.4, 0.5) is 17.6 Å². The van der Waals surface area contributed by atoms with E-state index >= 15 is 0 Å². The summed E-state index contributed by atoms with van der Waals surface area (Å²) >= 11 is 0. The highest BCUT2D eigenvalue weighted by atomic mass is 19.4. The average molecular weight is 164 g/mol. The molecule has 1 aromatic heterocycles. The minimum Gasteiger partial charge on any atom is -0.249 e. The number of aromatic nitrogens is 1. The number of pyridine rings is 1. The van der Waals surface area contributed by atoms with Gasteiger partial charge in [0.15, 0.2) is 11.5 Å². The fourth-order valence-corrected chi connectivity index (χ4v) is 0.545. The molecule has 0 atom stereocenters. The lowest BCUT2D eigenvalue weighted by molar-refractivity contribution is -0.143. The first-order chi connectivity index (χ1) is 5.02. The number of alkyl halides is 3. The summed E-state index contributed by atoms with van der Waals surface area (Å²) in [6.45, 7) is 0. The Morgan fingerprint density at radius 3 is 2.36 bits per heavy atom. The largest absolute Gasteiger partial charge is 0.436 e. The summed E-state index contributed by atoms with van der Waals surface area (Å²) in [5.41, 5.74) is -1.53. The van der Waals surface area contributed by atoms with Crippen LogP contribution in [0.5, 0.6) is 0 Å². The van der Waals surface area contributed by atoms with E-state index in [1.165, 1.54) is 0 Å². The van der Waals surface area contributed by atoms with Crippen molar-refractivity contribution in [3.8, 4) is 0 Å². The van der Waals surface area contributed by atoms with Gasteiger partial charge in [-0.25, -0.2) is 9.37 Å². The molecule has 0 aliphatic carbocycles. The molecule has 1 aromatic rings. The van der Waals surface area contributed by atoms with Crippen molar-refractivity contribution < 1.29 is 17.6 Å². The van der Waals surface area contributed by atoms with Gasteiger partial charge in [0, 0.05) is 12.3 Å². The van der Waals surface area contributed by atoms with Crippen molar-refractivity contribution in [1.29, 1.82) is 0 Å². The standard InChI is InChI=1S/C6H2F4N/c7-4-2-1-3-11-5(4)6(8,9)10/h1,3H. The topological polar surface area (TPSA) is 12.9 Å². The molecule has 0 N–H and O–H groups in total. The highest BCUT2D eigenvalue weighted by Gasteiger charge is 2.35. The summed E-state index contributed by atoms with van der Waals surface area (Å²) in [5, 5.41) is 0.